The van der Waals surface area contributed by atoms with Crippen molar-refractivity contribution < 1.29 is 14.3 Å². The number of hydrogen-bond acceptors (Lipinski definition) is 5. The monoisotopic (exact) mass is 336 g/mol. The second kappa shape index (κ2) is 6.74. The molecule has 0 radical (unpaired) electrons. The first-order valence-electron chi connectivity index (χ1n) is 6.23. The summed E-state index contributed by atoms with van der Waals surface area (Å²) < 4.78 is 4.87. The van der Waals surface area contributed by atoms with Crippen LogP contribution in [0.4, 0.5) is 0 Å². The first kappa shape index (κ1) is 15.5. The van der Waals surface area contributed by atoms with Gasteiger partial charge < -0.3 is 9.64 Å². The molecule has 1 aliphatic rings. The van der Waals surface area contributed by atoms with Crippen LogP contribution < -0.4 is 0 Å². The van der Waals surface area contributed by atoms with Crippen molar-refractivity contribution in [2.24, 2.45) is 0 Å². The van der Waals surface area contributed by atoms with Crippen LogP contribution in [-0.4, -0.2) is 39.2 Å². The Labute approximate surface area is 130 Å². The number of hydrogen-bond donors (Lipinski definition) is 0. The average Bonchev–Trinajstić information content (AvgIpc) is 3.14. The molecule has 1 saturated carbocycles. The van der Waals surface area contributed by atoms with Crippen LogP contribution in [0.15, 0.2) is 5.38 Å². The summed E-state index contributed by atoms with van der Waals surface area (Å²) >= 11 is 12.6. The lowest BCUT2D eigenvalue weighted by Crippen LogP contribution is -2.36. The number of alkyl halides is 2. The predicted octanol–water partition coefficient (Wildman–Crippen LogP) is 2.61. The van der Waals surface area contributed by atoms with Gasteiger partial charge in [-0.2, -0.15) is 0 Å². The minimum absolute atomic E-state index is 0.178. The summed E-state index contributed by atoms with van der Waals surface area (Å²) in [7, 11) is 0. The van der Waals surface area contributed by atoms with E-state index in [-0.39, 0.29) is 17.6 Å². The number of carbonyl (C=O) groups excluding carboxylic acids is 2. The molecule has 2 rings (SSSR count). The smallest absolute Gasteiger partial charge is 0.357 e. The van der Waals surface area contributed by atoms with E-state index in [4.69, 9.17) is 27.9 Å². The van der Waals surface area contributed by atoms with E-state index >= 15 is 0 Å². The number of nitrogens with zero attached hydrogens (tertiary/aromatic N) is 2. The lowest BCUT2D eigenvalue weighted by Gasteiger charge is -2.21. The van der Waals surface area contributed by atoms with Crippen LogP contribution in [-0.2, 0) is 16.1 Å². The zero-order valence-electron chi connectivity index (χ0n) is 10.8. The number of thiazole rings is 1. The fourth-order valence-electron chi connectivity index (χ4n) is 1.73. The van der Waals surface area contributed by atoms with Gasteiger partial charge in [0.2, 0.25) is 0 Å². The van der Waals surface area contributed by atoms with Crippen molar-refractivity contribution in [3.8, 4) is 0 Å². The second-order valence-corrected chi connectivity index (χ2v) is 6.38. The maximum absolute atomic E-state index is 11.9. The van der Waals surface area contributed by atoms with Crippen molar-refractivity contribution >= 4 is 46.4 Å². The summed E-state index contributed by atoms with van der Waals surface area (Å²) in [4.78, 5) is 28.2. The summed E-state index contributed by atoms with van der Waals surface area (Å²) in [6.45, 7) is 2.36. The number of amides is 1. The van der Waals surface area contributed by atoms with Crippen molar-refractivity contribution in [1.82, 2.24) is 9.88 Å². The van der Waals surface area contributed by atoms with Gasteiger partial charge in [-0.05, 0) is 19.8 Å². The van der Waals surface area contributed by atoms with Gasteiger partial charge in [-0.15, -0.1) is 11.3 Å². The standard InChI is InChI=1S/C12H14Cl2N2O3S/c1-2-19-12(18)8-6-20-9(15-8)5-16(7-3-4-7)11(17)10(13)14/h6-7,10H,2-5H2,1H3. The van der Waals surface area contributed by atoms with Crippen molar-refractivity contribution in [2.45, 2.75) is 37.2 Å². The Morgan fingerprint density at radius 3 is 2.80 bits per heavy atom. The van der Waals surface area contributed by atoms with E-state index in [1.807, 2.05) is 0 Å². The quantitative estimate of drug-likeness (QED) is 0.591. The molecule has 1 aliphatic carbocycles. The Bertz CT molecular complexity index is 503. The van der Waals surface area contributed by atoms with Crippen molar-refractivity contribution in [3.63, 3.8) is 0 Å². The molecule has 110 valence electrons. The highest BCUT2D eigenvalue weighted by Gasteiger charge is 2.35. The van der Waals surface area contributed by atoms with Gasteiger partial charge in [0.1, 0.15) is 5.01 Å². The van der Waals surface area contributed by atoms with E-state index in [0.29, 0.717) is 18.2 Å². The molecule has 0 unspecified atom stereocenters. The molecule has 0 aromatic carbocycles. The first-order valence-corrected chi connectivity index (χ1v) is 7.98. The number of esters is 1. The molecule has 0 bridgehead atoms. The minimum Gasteiger partial charge on any atom is -0.461 e. The lowest BCUT2D eigenvalue weighted by molar-refractivity contribution is -0.130. The highest BCUT2D eigenvalue weighted by Crippen LogP contribution is 2.30. The van der Waals surface area contributed by atoms with Crippen molar-refractivity contribution in [1.29, 1.82) is 0 Å². The van der Waals surface area contributed by atoms with Crippen LogP contribution in [0.1, 0.15) is 35.3 Å². The topological polar surface area (TPSA) is 59.5 Å². The molecule has 0 aliphatic heterocycles. The third kappa shape index (κ3) is 3.84. The van der Waals surface area contributed by atoms with Gasteiger partial charge in [0, 0.05) is 11.4 Å². The molecular formula is C12H14Cl2N2O3S. The molecule has 1 amide bonds. The molecule has 1 heterocycles. The fourth-order valence-corrected chi connectivity index (χ4v) is 2.74. The minimum atomic E-state index is -1.07. The predicted molar refractivity (Wildman–Crippen MR) is 77.1 cm³/mol. The molecule has 5 nitrogen and oxygen atoms in total. The number of halogens is 2. The Balaban J connectivity index is 2.04. The van der Waals surface area contributed by atoms with E-state index < -0.39 is 10.8 Å². The van der Waals surface area contributed by atoms with Gasteiger partial charge in [-0.25, -0.2) is 9.78 Å². The molecule has 0 spiro atoms. The van der Waals surface area contributed by atoms with Crippen LogP contribution >= 0.6 is 34.5 Å². The molecule has 1 fully saturated rings. The Kier molecular flexibility index (Phi) is 5.23. The normalized spacial score (nSPS) is 14.4. The Hall–Kier alpha value is -0.850. The first-order chi connectivity index (χ1) is 9.52. The van der Waals surface area contributed by atoms with Gasteiger partial charge in [-0.3, -0.25) is 4.79 Å². The molecule has 0 saturated heterocycles. The molecule has 0 N–H and O–H groups in total. The highest BCUT2D eigenvalue weighted by molar-refractivity contribution is 7.09. The Morgan fingerprint density at radius 2 is 2.25 bits per heavy atom. The molecular weight excluding hydrogens is 323 g/mol. The number of aromatic nitrogens is 1. The fraction of sp³-hybridized carbons (Fsp3) is 0.583. The van der Waals surface area contributed by atoms with E-state index in [9.17, 15) is 9.59 Å². The number of carbonyl (C=O) groups is 2. The maximum Gasteiger partial charge on any atom is 0.357 e. The number of ether oxygens (including phenoxy) is 1. The van der Waals surface area contributed by atoms with E-state index in [1.54, 1.807) is 17.2 Å². The highest BCUT2D eigenvalue weighted by atomic mass is 35.5. The van der Waals surface area contributed by atoms with E-state index in [2.05, 4.69) is 4.98 Å². The van der Waals surface area contributed by atoms with Crippen LogP contribution in [0.3, 0.4) is 0 Å². The maximum atomic E-state index is 11.9. The zero-order valence-corrected chi connectivity index (χ0v) is 13.2. The summed E-state index contributed by atoms with van der Waals surface area (Å²) in [5, 5.41) is 2.30. The van der Waals surface area contributed by atoms with E-state index in [0.717, 1.165) is 12.8 Å². The van der Waals surface area contributed by atoms with Crippen LogP contribution in [0.2, 0.25) is 0 Å². The van der Waals surface area contributed by atoms with Gasteiger partial charge in [-0.1, -0.05) is 23.2 Å². The third-order valence-corrected chi connectivity index (χ3v) is 4.01. The van der Waals surface area contributed by atoms with Crippen molar-refractivity contribution in [2.75, 3.05) is 6.61 Å². The summed E-state index contributed by atoms with van der Waals surface area (Å²) in [5.74, 6) is -0.768. The van der Waals surface area contributed by atoms with Crippen molar-refractivity contribution in [3.05, 3.63) is 16.1 Å². The molecule has 1 aromatic heterocycles. The second-order valence-electron chi connectivity index (χ2n) is 4.34. The van der Waals surface area contributed by atoms with Gasteiger partial charge >= 0.3 is 5.97 Å². The lowest BCUT2D eigenvalue weighted by atomic mass is 10.4. The molecule has 8 heteroatoms. The molecule has 0 atom stereocenters. The zero-order chi connectivity index (χ0) is 14.7. The van der Waals surface area contributed by atoms with Crippen LogP contribution in [0.5, 0.6) is 0 Å². The van der Waals surface area contributed by atoms with E-state index in [1.165, 1.54) is 11.3 Å². The Morgan fingerprint density at radius 1 is 1.55 bits per heavy atom. The summed E-state index contributed by atoms with van der Waals surface area (Å²) in [5.41, 5.74) is 0.267. The SMILES string of the molecule is CCOC(=O)c1csc(CN(C(=O)C(Cl)Cl)C2CC2)n1. The van der Waals surface area contributed by atoms with Gasteiger partial charge in [0.05, 0.1) is 13.2 Å². The average molecular weight is 337 g/mol. The molecule has 20 heavy (non-hydrogen) atoms. The van der Waals surface area contributed by atoms with Gasteiger partial charge in [0.25, 0.3) is 5.91 Å². The van der Waals surface area contributed by atoms with Crippen LogP contribution in [0, 0.1) is 0 Å². The van der Waals surface area contributed by atoms with Gasteiger partial charge in [0.15, 0.2) is 10.5 Å². The summed E-state index contributed by atoms with van der Waals surface area (Å²) in [6, 6.07) is 0.178. The molecule has 1 aromatic rings. The third-order valence-electron chi connectivity index (χ3n) is 2.80. The summed E-state index contributed by atoms with van der Waals surface area (Å²) in [6.07, 6.45) is 1.89. The number of rotatable bonds is 6. The largest absolute Gasteiger partial charge is 0.461 e. The van der Waals surface area contributed by atoms with Crippen LogP contribution in [0.25, 0.3) is 0 Å².